The maximum Gasteiger partial charge on any atom is 0.390 e. The van der Waals surface area contributed by atoms with Gasteiger partial charge in [-0.2, -0.15) is 13.2 Å². The predicted octanol–water partition coefficient (Wildman–Crippen LogP) is 11.0. The number of benzene rings is 2. The first-order valence-electron chi connectivity index (χ1n) is 16.7. The molecule has 1 N–H and O–H groups in total. The third-order valence-corrected chi connectivity index (χ3v) is 13.8. The van der Waals surface area contributed by atoms with Crippen molar-refractivity contribution in [3.8, 4) is 0 Å². The van der Waals surface area contributed by atoms with Crippen LogP contribution in [0.4, 0.5) is 23.9 Å². The molecule has 2 aromatic carbocycles. The smallest absolute Gasteiger partial charge is 0.351 e. The number of unbranched alkanes of at least 4 members (excludes halogenated alkanes) is 3. The highest BCUT2D eigenvalue weighted by Crippen LogP contribution is 2.89. The van der Waals surface area contributed by atoms with Gasteiger partial charge in [0.2, 0.25) is 0 Å². The monoisotopic (exact) mass is 648 g/mol. The number of thiophene rings is 2. The number of fused-ring (bicyclic) bond motifs is 6. The van der Waals surface area contributed by atoms with Gasteiger partial charge in [0.25, 0.3) is 0 Å². The number of halogens is 3. The summed E-state index contributed by atoms with van der Waals surface area (Å²) >= 11 is 3.42. The van der Waals surface area contributed by atoms with Crippen LogP contribution in [0.25, 0.3) is 30.5 Å². The summed E-state index contributed by atoms with van der Waals surface area (Å²) in [4.78, 5) is 8.40. The summed E-state index contributed by atoms with van der Waals surface area (Å²) in [6, 6.07) is 12.6. The van der Waals surface area contributed by atoms with Gasteiger partial charge in [0.1, 0.15) is 21.8 Å². The first-order chi connectivity index (χ1) is 21.7. The van der Waals surface area contributed by atoms with E-state index in [1.54, 1.807) is 22.7 Å². The molecule has 3 aromatic heterocycles. The zero-order valence-corrected chi connectivity index (χ0v) is 27.5. The lowest BCUT2D eigenvalue weighted by Gasteiger charge is -2.28. The minimum absolute atomic E-state index is 0.0872. The molecule has 0 amide bonds. The second kappa shape index (κ2) is 9.86. The Hall–Kier alpha value is -2.78. The zero-order valence-electron chi connectivity index (χ0n) is 25.9. The Kier molecular flexibility index (Phi) is 6.23. The molecule has 0 bridgehead atoms. The molecule has 4 unspecified atom stereocenters. The van der Waals surface area contributed by atoms with Gasteiger partial charge in [-0.25, -0.2) is 4.98 Å². The summed E-state index contributed by atoms with van der Waals surface area (Å²) in [7, 11) is 0. The highest BCUT2D eigenvalue weighted by Gasteiger charge is 2.82. The second-order valence-electron chi connectivity index (χ2n) is 14.4. The van der Waals surface area contributed by atoms with Crippen LogP contribution in [0.5, 0.6) is 0 Å². The number of aromatic nitrogens is 2. The van der Waals surface area contributed by atoms with Crippen LogP contribution in [0, 0.1) is 23.7 Å². The quantitative estimate of drug-likeness (QED) is 0.153. The van der Waals surface area contributed by atoms with E-state index in [-0.39, 0.29) is 12.7 Å². The van der Waals surface area contributed by atoms with E-state index in [2.05, 4.69) is 28.9 Å². The Balaban J connectivity index is 1.12. The van der Waals surface area contributed by atoms with Gasteiger partial charge in [-0.05, 0) is 73.5 Å². The van der Waals surface area contributed by atoms with Gasteiger partial charge in [0.05, 0.1) is 17.6 Å². The molecule has 236 valence electrons. The summed E-state index contributed by atoms with van der Waals surface area (Å²) in [5, 5.41) is 6.84. The van der Waals surface area contributed by atoms with Crippen molar-refractivity contribution in [2.45, 2.75) is 96.9 Å². The molecule has 4 aliphatic rings. The minimum atomic E-state index is -4.22. The van der Waals surface area contributed by atoms with Crippen LogP contribution in [0.2, 0.25) is 0 Å². The number of hydrogen-bond acceptors (Lipinski definition) is 5. The summed E-state index contributed by atoms with van der Waals surface area (Å²) in [5.41, 5.74) is 5.45. The van der Waals surface area contributed by atoms with E-state index >= 15 is 0 Å². The highest BCUT2D eigenvalue weighted by molar-refractivity contribution is 7.26. The number of alkyl halides is 3. The van der Waals surface area contributed by atoms with Crippen LogP contribution in [0.15, 0.2) is 36.4 Å². The van der Waals surface area contributed by atoms with Crippen molar-refractivity contribution >= 4 is 63.9 Å². The zero-order chi connectivity index (χ0) is 30.7. The third kappa shape index (κ3) is 4.39. The minimum Gasteiger partial charge on any atom is -0.351 e. The fourth-order valence-electron chi connectivity index (χ4n) is 9.18. The Morgan fingerprint density at radius 2 is 1.82 bits per heavy atom. The average Bonchev–Trinajstić information content (AvgIpc) is 3.47. The van der Waals surface area contributed by atoms with Crippen LogP contribution in [-0.2, 0) is 13.0 Å². The largest absolute Gasteiger partial charge is 0.390 e. The van der Waals surface area contributed by atoms with Gasteiger partial charge in [-0.15, -0.1) is 22.7 Å². The van der Waals surface area contributed by atoms with Crippen molar-refractivity contribution in [3.05, 3.63) is 53.3 Å². The standard InChI is InChI=1S/C36H39F3N4S2/c1-3-4-5-6-14-42-28(19-34-12-11-23-18-35(23,34)20-34)40-32-29(42)24-16-27-25(17-26(24)44-32)30-33(45-27)41-31(22-9-7-21(2)8-10-22)43(30)15-13-36(37,38)39/h7-10,16-17,23,31,41H,3-6,11-15,18-20H2,1-2H3. The fraction of sp³-hybridized carbons (Fsp3) is 0.528. The van der Waals surface area contributed by atoms with E-state index in [1.165, 1.54) is 72.8 Å². The summed E-state index contributed by atoms with van der Waals surface area (Å²) in [6.45, 7) is 5.21. The maximum absolute atomic E-state index is 13.5. The normalized spacial score (nSPS) is 26.6. The first-order valence-corrected chi connectivity index (χ1v) is 18.4. The number of rotatable bonds is 10. The van der Waals surface area contributed by atoms with Crippen LogP contribution in [0.3, 0.4) is 0 Å². The van der Waals surface area contributed by atoms with Gasteiger partial charge in [0.15, 0.2) is 0 Å². The molecule has 1 spiro atoms. The molecule has 4 atom stereocenters. The number of anilines is 2. The Morgan fingerprint density at radius 3 is 2.53 bits per heavy atom. The van der Waals surface area contributed by atoms with E-state index in [9.17, 15) is 13.2 Å². The van der Waals surface area contributed by atoms with Gasteiger partial charge >= 0.3 is 6.18 Å². The van der Waals surface area contributed by atoms with Gasteiger partial charge in [-0.1, -0.05) is 56.0 Å². The van der Waals surface area contributed by atoms with E-state index in [0.29, 0.717) is 10.8 Å². The van der Waals surface area contributed by atoms with Crippen molar-refractivity contribution < 1.29 is 13.2 Å². The molecule has 0 saturated heterocycles. The summed E-state index contributed by atoms with van der Waals surface area (Å²) in [6.07, 6.45) is 6.25. The van der Waals surface area contributed by atoms with Crippen LogP contribution in [0.1, 0.15) is 87.8 Å². The van der Waals surface area contributed by atoms with Crippen LogP contribution >= 0.6 is 22.7 Å². The SMILES string of the molecule is CCCCCCn1c(CC23CCC4CC42C3)nc2sc3cc4c5c(sc4cc3c21)NC(c1ccc(C)cc1)N5CCC(F)(F)F. The summed E-state index contributed by atoms with van der Waals surface area (Å²) < 4.78 is 45.4. The van der Waals surface area contributed by atoms with Gasteiger partial charge < -0.3 is 14.8 Å². The molecule has 5 aromatic rings. The molecule has 9 heteroatoms. The lowest BCUT2D eigenvalue weighted by Crippen LogP contribution is -2.31. The fourth-order valence-corrected chi connectivity index (χ4v) is 11.5. The molecule has 4 heterocycles. The lowest BCUT2D eigenvalue weighted by molar-refractivity contribution is -0.132. The van der Waals surface area contributed by atoms with Crippen molar-refractivity contribution in [3.63, 3.8) is 0 Å². The van der Waals surface area contributed by atoms with E-state index in [0.717, 1.165) is 55.6 Å². The molecule has 0 radical (unpaired) electrons. The molecule has 4 nitrogen and oxygen atoms in total. The molecular formula is C36H39F3N4S2. The van der Waals surface area contributed by atoms with E-state index in [4.69, 9.17) is 4.98 Å². The number of hydrogen-bond donors (Lipinski definition) is 1. The molecule has 3 saturated carbocycles. The molecule has 9 rings (SSSR count). The van der Waals surface area contributed by atoms with Crippen molar-refractivity contribution in [1.82, 2.24) is 9.55 Å². The topological polar surface area (TPSA) is 33.1 Å². The van der Waals surface area contributed by atoms with E-state index < -0.39 is 12.6 Å². The average molecular weight is 649 g/mol. The number of nitrogens with zero attached hydrogens (tertiary/aromatic N) is 3. The predicted molar refractivity (Wildman–Crippen MR) is 181 cm³/mol. The third-order valence-electron chi connectivity index (χ3n) is 11.7. The molecule has 45 heavy (non-hydrogen) atoms. The molecule has 1 aliphatic heterocycles. The van der Waals surface area contributed by atoms with E-state index in [1.807, 2.05) is 36.1 Å². The lowest BCUT2D eigenvalue weighted by atomic mass is 9.95. The number of imidazole rings is 1. The van der Waals surface area contributed by atoms with Gasteiger partial charge in [-0.3, -0.25) is 0 Å². The Bertz CT molecular complexity index is 1950. The Morgan fingerprint density at radius 1 is 1.02 bits per heavy atom. The summed E-state index contributed by atoms with van der Waals surface area (Å²) in [5.74, 6) is 2.27. The number of nitrogens with one attached hydrogen (secondary N) is 1. The van der Waals surface area contributed by atoms with Crippen LogP contribution < -0.4 is 10.2 Å². The van der Waals surface area contributed by atoms with Crippen molar-refractivity contribution in [2.75, 3.05) is 16.8 Å². The Labute approximate surface area is 269 Å². The second-order valence-corrected chi connectivity index (χ2v) is 16.4. The first kappa shape index (κ1) is 28.4. The number of aryl methyl sites for hydroxylation is 2. The van der Waals surface area contributed by atoms with Crippen molar-refractivity contribution in [1.29, 1.82) is 0 Å². The van der Waals surface area contributed by atoms with Gasteiger partial charge in [0, 0.05) is 39.7 Å². The molecule has 3 aliphatic carbocycles. The molecule has 3 fully saturated rings. The van der Waals surface area contributed by atoms with Crippen LogP contribution in [-0.4, -0.2) is 22.3 Å². The highest BCUT2D eigenvalue weighted by atomic mass is 32.1. The van der Waals surface area contributed by atoms with Crippen molar-refractivity contribution in [2.24, 2.45) is 16.7 Å². The maximum atomic E-state index is 13.5. The molecular weight excluding hydrogens is 610 g/mol.